The van der Waals surface area contributed by atoms with Crippen LogP contribution in [-0.4, -0.2) is 11.0 Å². The van der Waals surface area contributed by atoms with Crippen molar-refractivity contribution in [1.29, 1.82) is 0 Å². The van der Waals surface area contributed by atoms with E-state index < -0.39 is 5.91 Å². The zero-order valence-electron chi connectivity index (χ0n) is 13.4. The van der Waals surface area contributed by atoms with Crippen LogP contribution < -0.4 is 22.0 Å². The summed E-state index contributed by atoms with van der Waals surface area (Å²) in [6.45, 7) is 0. The molecule has 0 unspecified atom stereocenters. The number of nitrogens with zero attached hydrogens (tertiary/aromatic N) is 1. The Hall–Kier alpha value is -2.13. The molecule has 0 atom stereocenters. The fraction of sp³-hybridized carbons (Fsp3) is 0. The van der Waals surface area contributed by atoms with E-state index >= 15 is 0 Å². The van der Waals surface area contributed by atoms with Gasteiger partial charge in [-0.05, 0) is 54.7 Å². The summed E-state index contributed by atoms with van der Waals surface area (Å²) in [5, 5.41) is 7.88. The Morgan fingerprint density at radius 3 is 2.56 bits per heavy atom. The molecule has 0 saturated carbocycles. The average Bonchev–Trinajstić information content (AvgIpc) is 2.61. The van der Waals surface area contributed by atoms with Gasteiger partial charge in [-0.3, -0.25) is 10.2 Å². The van der Waals surface area contributed by atoms with Gasteiger partial charge in [-0.25, -0.2) is 0 Å². The molecule has 1 aromatic heterocycles. The minimum absolute atomic E-state index is 0.0332. The molecule has 0 aliphatic rings. The molecule has 2 aromatic carbocycles. The Labute approximate surface area is 177 Å². The number of anilines is 1. The monoisotopic (exact) mass is 484 g/mol. The minimum atomic E-state index is -0.442. The van der Waals surface area contributed by atoms with Crippen LogP contribution in [0.4, 0.5) is 5.69 Å². The van der Waals surface area contributed by atoms with Gasteiger partial charge in [0.1, 0.15) is 5.56 Å². The lowest BCUT2D eigenvalue weighted by molar-refractivity contribution is 0.102. The van der Waals surface area contributed by atoms with Crippen molar-refractivity contribution in [2.24, 2.45) is 10.8 Å². The normalized spacial score (nSPS) is 11.4. The highest BCUT2D eigenvalue weighted by Gasteiger charge is 2.15. The van der Waals surface area contributed by atoms with Gasteiger partial charge in [-0.1, -0.05) is 39.1 Å². The van der Waals surface area contributed by atoms with Gasteiger partial charge >= 0.3 is 0 Å². The molecule has 6 nitrogen and oxygen atoms in total. The van der Waals surface area contributed by atoms with Crippen molar-refractivity contribution in [2.45, 2.75) is 0 Å². The van der Waals surface area contributed by atoms with Crippen molar-refractivity contribution >= 4 is 79.0 Å². The third-order valence-electron chi connectivity index (χ3n) is 3.38. The van der Waals surface area contributed by atoms with Gasteiger partial charge in [0.2, 0.25) is 5.55 Å². The van der Waals surface area contributed by atoms with Crippen LogP contribution in [0.1, 0.15) is 10.4 Å². The smallest absolute Gasteiger partial charge is 0.261 e. The van der Waals surface area contributed by atoms with Crippen LogP contribution >= 0.6 is 51.3 Å². The number of amides is 1. The van der Waals surface area contributed by atoms with Crippen molar-refractivity contribution in [1.82, 2.24) is 5.43 Å². The first-order valence-electron chi connectivity index (χ1n) is 7.42. The van der Waals surface area contributed by atoms with Crippen LogP contribution in [0.3, 0.4) is 0 Å². The van der Waals surface area contributed by atoms with E-state index in [1.165, 1.54) is 6.07 Å². The SMILES string of the molecule is NC(=S)N/N=c1\oc2c(Cl)cc(Cl)cc2cc1C(=O)Nc1ccc(Br)cc1. The van der Waals surface area contributed by atoms with Crippen molar-refractivity contribution in [3.05, 3.63) is 68.1 Å². The maximum absolute atomic E-state index is 12.8. The highest BCUT2D eigenvalue weighted by Crippen LogP contribution is 2.27. The van der Waals surface area contributed by atoms with Crippen molar-refractivity contribution in [3.63, 3.8) is 0 Å². The third kappa shape index (κ3) is 4.78. The summed E-state index contributed by atoms with van der Waals surface area (Å²) in [5.74, 6) is -0.442. The van der Waals surface area contributed by atoms with Crippen LogP contribution in [0.25, 0.3) is 11.0 Å². The number of thiocarbonyl (C=S) groups is 1. The Morgan fingerprint density at radius 1 is 1.19 bits per heavy atom. The van der Waals surface area contributed by atoms with E-state index in [2.05, 4.69) is 31.8 Å². The molecular weight excluding hydrogens is 475 g/mol. The van der Waals surface area contributed by atoms with E-state index in [-0.39, 0.29) is 21.3 Å². The van der Waals surface area contributed by atoms with Crippen molar-refractivity contribution in [2.75, 3.05) is 5.32 Å². The van der Waals surface area contributed by atoms with Crippen LogP contribution in [-0.2, 0) is 0 Å². The van der Waals surface area contributed by atoms with Crippen LogP contribution in [0.5, 0.6) is 0 Å². The molecule has 138 valence electrons. The standard InChI is InChI=1S/C17H11BrCl2N4O2S/c18-9-1-3-11(4-2-9)22-15(25)12-6-8-5-10(19)7-13(20)14(8)26-16(12)23-24-17(21)27/h1-7H,(H,22,25)(H3,21,24,27)/b23-16-. The summed E-state index contributed by atoms with van der Waals surface area (Å²) < 4.78 is 6.59. The molecule has 3 aromatic rings. The molecule has 0 saturated heterocycles. The zero-order valence-corrected chi connectivity index (χ0v) is 17.3. The largest absolute Gasteiger partial charge is 0.435 e. The lowest BCUT2D eigenvalue weighted by Gasteiger charge is -2.08. The summed E-state index contributed by atoms with van der Waals surface area (Å²) >= 11 is 20.3. The van der Waals surface area contributed by atoms with E-state index in [1.807, 2.05) is 0 Å². The minimum Gasteiger partial charge on any atom is -0.435 e. The molecular formula is C17H11BrCl2N4O2S. The fourth-order valence-corrected chi connectivity index (χ4v) is 3.10. The van der Waals surface area contributed by atoms with Gasteiger partial charge < -0.3 is 15.5 Å². The molecule has 1 heterocycles. The first-order chi connectivity index (χ1) is 12.8. The average molecular weight is 486 g/mol. The maximum atomic E-state index is 12.8. The van der Waals surface area contributed by atoms with E-state index in [4.69, 9.17) is 45.6 Å². The number of nitrogens with two attached hydrogens (primary N) is 1. The molecule has 0 spiro atoms. The van der Waals surface area contributed by atoms with Gasteiger partial charge in [0.15, 0.2) is 10.7 Å². The van der Waals surface area contributed by atoms with E-state index in [9.17, 15) is 4.79 Å². The number of hydrogen-bond donors (Lipinski definition) is 3. The Bertz CT molecular complexity index is 1120. The molecule has 0 radical (unpaired) electrons. The summed E-state index contributed by atoms with van der Waals surface area (Å²) in [7, 11) is 0. The first kappa shape index (κ1) is 19.6. The maximum Gasteiger partial charge on any atom is 0.261 e. The topological polar surface area (TPSA) is 92.7 Å². The highest BCUT2D eigenvalue weighted by molar-refractivity contribution is 9.10. The fourth-order valence-electron chi connectivity index (χ4n) is 2.25. The second-order valence-electron chi connectivity index (χ2n) is 5.32. The summed E-state index contributed by atoms with van der Waals surface area (Å²) in [4.78, 5) is 12.8. The molecule has 0 aliphatic carbocycles. The summed E-state index contributed by atoms with van der Waals surface area (Å²) in [6, 6.07) is 11.8. The molecule has 0 bridgehead atoms. The lowest BCUT2D eigenvalue weighted by Crippen LogP contribution is -2.29. The number of rotatable bonds is 3. The number of benzene rings is 2. The lowest BCUT2D eigenvalue weighted by atomic mass is 10.1. The Balaban J connectivity index is 2.11. The second-order valence-corrected chi connectivity index (χ2v) is 7.52. The quantitative estimate of drug-likeness (QED) is 0.377. The predicted octanol–water partition coefficient (Wildman–Crippen LogP) is 4.40. The zero-order chi connectivity index (χ0) is 19.6. The van der Waals surface area contributed by atoms with E-state index in [0.717, 1.165) is 4.47 Å². The molecule has 3 rings (SSSR count). The summed E-state index contributed by atoms with van der Waals surface area (Å²) in [6.07, 6.45) is 0. The third-order valence-corrected chi connectivity index (χ3v) is 4.50. The number of nitrogens with one attached hydrogen (secondary N) is 2. The first-order valence-corrected chi connectivity index (χ1v) is 9.38. The summed E-state index contributed by atoms with van der Waals surface area (Å²) in [5.41, 5.74) is 8.85. The van der Waals surface area contributed by atoms with Gasteiger partial charge in [0.05, 0.1) is 5.02 Å². The molecule has 4 N–H and O–H groups in total. The number of carbonyl (C=O) groups excluding carboxylic acids is 1. The van der Waals surface area contributed by atoms with Gasteiger partial charge in [0.25, 0.3) is 5.91 Å². The highest BCUT2D eigenvalue weighted by atomic mass is 79.9. The van der Waals surface area contributed by atoms with Crippen molar-refractivity contribution < 1.29 is 9.21 Å². The van der Waals surface area contributed by atoms with Crippen LogP contribution in [0.2, 0.25) is 10.0 Å². The number of fused-ring (bicyclic) bond motifs is 1. The van der Waals surface area contributed by atoms with E-state index in [1.54, 1.807) is 36.4 Å². The molecule has 1 amide bonds. The van der Waals surface area contributed by atoms with Crippen LogP contribution in [0, 0.1) is 0 Å². The predicted molar refractivity (Wildman–Crippen MR) is 114 cm³/mol. The van der Waals surface area contributed by atoms with E-state index in [0.29, 0.717) is 21.7 Å². The Morgan fingerprint density at radius 2 is 1.89 bits per heavy atom. The number of hydrogen-bond acceptors (Lipinski definition) is 4. The Kier molecular flexibility index (Phi) is 6.01. The van der Waals surface area contributed by atoms with Crippen LogP contribution in [0.15, 0.2) is 56.5 Å². The molecule has 0 aliphatic heterocycles. The van der Waals surface area contributed by atoms with Gasteiger partial charge in [-0.2, -0.15) is 0 Å². The second kappa shape index (κ2) is 8.26. The van der Waals surface area contributed by atoms with Gasteiger partial charge in [0, 0.05) is 20.6 Å². The van der Waals surface area contributed by atoms with Gasteiger partial charge in [-0.15, -0.1) is 5.10 Å². The molecule has 10 heteroatoms. The molecule has 27 heavy (non-hydrogen) atoms. The number of halogens is 3. The molecule has 0 fully saturated rings. The number of carbonyl (C=O) groups is 1. The van der Waals surface area contributed by atoms with Crippen molar-refractivity contribution in [3.8, 4) is 0 Å².